The summed E-state index contributed by atoms with van der Waals surface area (Å²) in [5.74, 6) is 2.33. The summed E-state index contributed by atoms with van der Waals surface area (Å²) in [5, 5.41) is 12.5. The van der Waals surface area contributed by atoms with Crippen LogP contribution in [-0.4, -0.2) is 45.2 Å². The number of hydrogen-bond acceptors (Lipinski definition) is 7. The van der Waals surface area contributed by atoms with Gasteiger partial charge in [0.15, 0.2) is 0 Å². The minimum atomic E-state index is -4.44. The average Bonchev–Trinajstić information content (AvgIpc) is 3.35. The molecule has 1 aromatic carbocycles. The predicted octanol–water partition coefficient (Wildman–Crippen LogP) is 3.90. The molecule has 0 saturated carbocycles. The lowest BCUT2D eigenvalue weighted by Gasteiger charge is -2.29. The van der Waals surface area contributed by atoms with Crippen LogP contribution < -0.4 is 15.8 Å². The van der Waals surface area contributed by atoms with Gasteiger partial charge in [0.25, 0.3) is 5.56 Å². The van der Waals surface area contributed by atoms with Gasteiger partial charge < -0.3 is 19.9 Å². The van der Waals surface area contributed by atoms with E-state index in [4.69, 9.17) is 0 Å². The molecule has 2 aliphatic rings. The fourth-order valence-corrected chi connectivity index (χ4v) is 4.56. The van der Waals surface area contributed by atoms with E-state index in [-0.39, 0.29) is 18.7 Å². The molecule has 4 heterocycles. The summed E-state index contributed by atoms with van der Waals surface area (Å²) in [4.78, 5) is 28.4. The van der Waals surface area contributed by atoms with Crippen molar-refractivity contribution in [3.63, 3.8) is 0 Å². The van der Waals surface area contributed by atoms with Gasteiger partial charge in [0.1, 0.15) is 23.3 Å². The molecule has 0 fully saturated rings. The van der Waals surface area contributed by atoms with Crippen LogP contribution in [-0.2, 0) is 12.7 Å². The fourth-order valence-electron chi connectivity index (χ4n) is 4.56. The first-order chi connectivity index (χ1) is 17.7. The van der Waals surface area contributed by atoms with E-state index in [9.17, 15) is 23.1 Å². The Bertz CT molecular complexity index is 1480. The highest BCUT2D eigenvalue weighted by Crippen LogP contribution is 2.39. The molecule has 2 aromatic heterocycles. The van der Waals surface area contributed by atoms with Crippen LogP contribution in [0, 0.1) is 6.92 Å². The molecule has 0 spiro atoms. The maximum Gasteiger partial charge on any atom is 0.416 e. The maximum absolute atomic E-state index is 13.3. The zero-order valence-electron chi connectivity index (χ0n) is 20.3. The van der Waals surface area contributed by atoms with Crippen molar-refractivity contribution in [3.05, 3.63) is 81.0 Å². The number of hydrogen-bond donors (Lipinski definition) is 2. The number of amidine groups is 1. The average molecular weight is 511 g/mol. The number of pyridine rings is 1. The highest BCUT2D eigenvalue weighted by atomic mass is 19.4. The Hall–Kier alpha value is -3.99. The fraction of sp³-hybridized carbons (Fsp3) is 0.308. The Labute approximate surface area is 210 Å². The Morgan fingerprint density at radius 1 is 1.19 bits per heavy atom. The van der Waals surface area contributed by atoms with E-state index in [1.54, 1.807) is 32.2 Å². The summed E-state index contributed by atoms with van der Waals surface area (Å²) in [6.45, 7) is 4.73. The van der Waals surface area contributed by atoms with Gasteiger partial charge in [-0.2, -0.15) is 13.2 Å². The number of aliphatic hydroxyl groups is 1. The zero-order valence-corrected chi connectivity index (χ0v) is 20.3. The molecule has 37 heavy (non-hydrogen) atoms. The Morgan fingerprint density at radius 3 is 2.73 bits per heavy atom. The summed E-state index contributed by atoms with van der Waals surface area (Å²) in [6.07, 6.45) is -0.943. The Balaban J connectivity index is 1.57. The minimum absolute atomic E-state index is 0.147. The number of benzene rings is 1. The van der Waals surface area contributed by atoms with Crippen LogP contribution in [0.3, 0.4) is 0 Å². The van der Waals surface area contributed by atoms with Crippen LogP contribution in [0.25, 0.3) is 11.6 Å². The van der Waals surface area contributed by atoms with E-state index < -0.39 is 17.8 Å². The van der Waals surface area contributed by atoms with Gasteiger partial charge in [-0.15, -0.1) is 0 Å². The molecule has 11 heteroatoms. The van der Waals surface area contributed by atoms with Crippen LogP contribution in [0.15, 0.2) is 52.4 Å². The van der Waals surface area contributed by atoms with Gasteiger partial charge >= 0.3 is 6.18 Å². The number of halogens is 3. The van der Waals surface area contributed by atoms with E-state index >= 15 is 0 Å². The second-order valence-corrected chi connectivity index (χ2v) is 8.93. The minimum Gasteiger partial charge on any atom is -0.395 e. The molecule has 0 radical (unpaired) electrons. The first-order valence-corrected chi connectivity index (χ1v) is 11.8. The lowest BCUT2D eigenvalue weighted by molar-refractivity contribution is -0.137. The molecule has 192 valence electrons. The number of anilines is 2. The number of fused-ring (bicyclic) bond motifs is 3. The first kappa shape index (κ1) is 24.7. The predicted molar refractivity (Wildman–Crippen MR) is 136 cm³/mol. The SMILES string of the molecule is Cc1nc(N[C@H](C)c2cccc(C(F)(F)F)c2)c2c(n1)N1CCN=C1C(c1ccn(CCO)c(=O)c1)=C2. The van der Waals surface area contributed by atoms with E-state index in [2.05, 4.69) is 20.3 Å². The summed E-state index contributed by atoms with van der Waals surface area (Å²) in [5.41, 5.74) is 1.56. The molecule has 0 amide bonds. The highest BCUT2D eigenvalue weighted by molar-refractivity contribution is 6.36. The van der Waals surface area contributed by atoms with Crippen molar-refractivity contribution in [2.45, 2.75) is 32.6 Å². The molecule has 0 bridgehead atoms. The van der Waals surface area contributed by atoms with Gasteiger partial charge in [-0.05, 0) is 49.2 Å². The largest absolute Gasteiger partial charge is 0.416 e. The number of nitrogens with zero attached hydrogens (tertiary/aromatic N) is 5. The lowest BCUT2D eigenvalue weighted by atomic mass is 9.98. The van der Waals surface area contributed by atoms with Crippen LogP contribution in [0.4, 0.5) is 24.8 Å². The summed E-state index contributed by atoms with van der Waals surface area (Å²) in [6, 6.07) is 8.02. The third-order valence-corrected chi connectivity index (χ3v) is 6.38. The van der Waals surface area contributed by atoms with Crippen molar-refractivity contribution in [1.29, 1.82) is 0 Å². The van der Waals surface area contributed by atoms with Crippen molar-refractivity contribution in [2.75, 3.05) is 29.9 Å². The number of rotatable bonds is 6. The van der Waals surface area contributed by atoms with Crippen LogP contribution >= 0.6 is 0 Å². The highest BCUT2D eigenvalue weighted by Gasteiger charge is 2.33. The molecule has 0 unspecified atom stereocenters. The number of aryl methyl sites for hydroxylation is 1. The molecule has 5 rings (SSSR count). The maximum atomic E-state index is 13.3. The Morgan fingerprint density at radius 2 is 2.00 bits per heavy atom. The summed E-state index contributed by atoms with van der Waals surface area (Å²) < 4.78 is 41.2. The molecular formula is C26H25F3N6O2. The zero-order chi connectivity index (χ0) is 26.3. The van der Waals surface area contributed by atoms with Crippen molar-refractivity contribution in [3.8, 4) is 0 Å². The normalized spacial score (nSPS) is 15.6. The topological polar surface area (TPSA) is 95.6 Å². The van der Waals surface area contributed by atoms with E-state index in [0.717, 1.165) is 17.7 Å². The molecule has 2 N–H and O–H groups in total. The van der Waals surface area contributed by atoms with E-state index in [0.29, 0.717) is 53.1 Å². The van der Waals surface area contributed by atoms with Gasteiger partial charge in [-0.25, -0.2) is 9.97 Å². The standard InChI is InChI=1S/C26H25F3N6O2/c1-15(17-4-3-5-19(12-17)26(27,28)29)31-23-21-14-20(18-6-8-34(10-11-36)22(37)13-18)24-30-7-9-35(24)25(21)33-16(2)32-23/h3-6,8,12-15,36H,7,9-11H2,1-2H3,(H,31,32,33)/t15-/m1/s1. The number of nitrogens with one attached hydrogen (secondary N) is 1. The van der Waals surface area contributed by atoms with Crippen LogP contribution in [0.1, 0.15) is 41.0 Å². The number of aromatic nitrogens is 3. The monoisotopic (exact) mass is 510 g/mol. The number of aliphatic hydroxyl groups excluding tert-OH is 1. The summed E-state index contributed by atoms with van der Waals surface area (Å²) in [7, 11) is 0. The van der Waals surface area contributed by atoms with Crippen LogP contribution in [0.5, 0.6) is 0 Å². The molecule has 3 aromatic rings. The quantitative estimate of drug-likeness (QED) is 0.522. The van der Waals surface area contributed by atoms with Gasteiger partial charge in [0.05, 0.1) is 24.3 Å². The molecular weight excluding hydrogens is 485 g/mol. The lowest BCUT2D eigenvalue weighted by Crippen LogP contribution is -2.33. The third kappa shape index (κ3) is 4.74. The molecule has 8 nitrogen and oxygen atoms in total. The van der Waals surface area contributed by atoms with Gasteiger partial charge in [-0.1, -0.05) is 12.1 Å². The second kappa shape index (κ2) is 9.47. The number of aliphatic imine (C=N–C) groups is 1. The van der Waals surface area contributed by atoms with E-state index in [1.165, 1.54) is 16.7 Å². The smallest absolute Gasteiger partial charge is 0.395 e. The van der Waals surface area contributed by atoms with Gasteiger partial charge in [0.2, 0.25) is 0 Å². The summed E-state index contributed by atoms with van der Waals surface area (Å²) >= 11 is 0. The molecule has 2 aliphatic heterocycles. The number of alkyl halides is 3. The van der Waals surface area contributed by atoms with Crippen molar-refractivity contribution in [1.82, 2.24) is 14.5 Å². The van der Waals surface area contributed by atoms with Crippen LogP contribution in [0.2, 0.25) is 0 Å². The first-order valence-electron chi connectivity index (χ1n) is 11.8. The van der Waals surface area contributed by atoms with Gasteiger partial charge in [0, 0.05) is 37.0 Å². The molecule has 0 aliphatic carbocycles. The van der Waals surface area contributed by atoms with Crippen molar-refractivity contribution in [2.24, 2.45) is 4.99 Å². The van der Waals surface area contributed by atoms with Crippen molar-refractivity contribution >= 4 is 29.1 Å². The second-order valence-electron chi connectivity index (χ2n) is 8.93. The van der Waals surface area contributed by atoms with Gasteiger partial charge in [-0.3, -0.25) is 9.79 Å². The Kier molecular flexibility index (Phi) is 6.32. The van der Waals surface area contributed by atoms with Crippen molar-refractivity contribution < 1.29 is 18.3 Å². The third-order valence-electron chi connectivity index (χ3n) is 6.38. The van der Waals surface area contributed by atoms with E-state index in [1.807, 2.05) is 11.0 Å². The molecule has 1 atom stereocenters. The molecule has 0 saturated heterocycles.